The molecule has 1 unspecified atom stereocenters. The highest BCUT2D eigenvalue weighted by Crippen LogP contribution is 2.31. The number of ether oxygens (including phenoxy) is 1. The highest BCUT2D eigenvalue weighted by Gasteiger charge is 2.10. The van der Waals surface area contributed by atoms with Gasteiger partial charge in [-0.3, -0.25) is 10.0 Å². The highest BCUT2D eigenvalue weighted by molar-refractivity contribution is 6.32. The van der Waals surface area contributed by atoms with E-state index in [0.29, 0.717) is 28.6 Å². The summed E-state index contributed by atoms with van der Waals surface area (Å²) in [6.07, 6.45) is 13.1. The normalized spacial score (nSPS) is 12.9. The summed E-state index contributed by atoms with van der Waals surface area (Å²) in [7, 11) is 0. The molecule has 1 aromatic heterocycles. The first-order valence-corrected chi connectivity index (χ1v) is 13.0. The van der Waals surface area contributed by atoms with Gasteiger partial charge in [0.25, 0.3) is 5.91 Å². The van der Waals surface area contributed by atoms with Gasteiger partial charge in [0.1, 0.15) is 30.7 Å². The second-order valence-electron chi connectivity index (χ2n) is 8.98. The van der Waals surface area contributed by atoms with Crippen molar-refractivity contribution >= 4 is 39.9 Å². The number of anilines is 2. The summed E-state index contributed by atoms with van der Waals surface area (Å²) in [5.74, 6) is 0.531. The summed E-state index contributed by atoms with van der Waals surface area (Å²) in [4.78, 5) is 19.9. The van der Waals surface area contributed by atoms with Crippen molar-refractivity contribution in [2.24, 2.45) is 0 Å². The first kappa shape index (κ1) is 30.3. The van der Waals surface area contributed by atoms with Gasteiger partial charge in [-0.2, -0.15) is 0 Å². The number of hydroxylamine groups is 1. The summed E-state index contributed by atoms with van der Waals surface area (Å²) < 4.78 is 19.5. The number of hydrogen-bond donors (Lipinski definition) is 3. The van der Waals surface area contributed by atoms with Crippen LogP contribution >= 0.6 is 11.6 Å². The average molecular weight is 563 g/mol. The van der Waals surface area contributed by atoms with Gasteiger partial charge in [0.05, 0.1) is 10.5 Å². The van der Waals surface area contributed by atoms with E-state index in [-0.39, 0.29) is 13.0 Å². The van der Waals surface area contributed by atoms with Crippen LogP contribution in [0.25, 0.3) is 10.9 Å². The van der Waals surface area contributed by atoms with E-state index in [1.165, 1.54) is 18.5 Å². The van der Waals surface area contributed by atoms with E-state index in [9.17, 15) is 9.18 Å². The zero-order chi connectivity index (χ0) is 28.9. The molecule has 0 saturated carbocycles. The SMILES string of the molecule is C=C(COc1ccc(Nc2ncnc3ccc(C\C=C/C=C(C)/C=C/C(=O)NO)cc23)cc1Cl)CC(F)/C=C\C. The fraction of sp³-hybridized carbons (Fsp3) is 0.194. The Hall–Kier alpha value is -4.27. The molecule has 0 spiro atoms. The first-order valence-electron chi connectivity index (χ1n) is 12.6. The van der Waals surface area contributed by atoms with E-state index < -0.39 is 12.1 Å². The minimum absolute atomic E-state index is 0.172. The Morgan fingerprint density at radius 3 is 2.80 bits per heavy atom. The lowest BCUT2D eigenvalue weighted by atomic mass is 10.1. The van der Waals surface area contributed by atoms with Crippen LogP contribution in [0, 0.1) is 0 Å². The van der Waals surface area contributed by atoms with Crippen LogP contribution in [0.5, 0.6) is 5.75 Å². The Morgan fingerprint density at radius 2 is 2.05 bits per heavy atom. The molecular weight excluding hydrogens is 531 g/mol. The predicted molar refractivity (Wildman–Crippen MR) is 159 cm³/mol. The molecule has 0 fully saturated rings. The smallest absolute Gasteiger partial charge is 0.267 e. The van der Waals surface area contributed by atoms with E-state index in [1.54, 1.807) is 36.7 Å². The van der Waals surface area contributed by atoms with Gasteiger partial charge in [0.2, 0.25) is 0 Å². The minimum Gasteiger partial charge on any atom is -0.488 e. The molecule has 9 heteroatoms. The van der Waals surface area contributed by atoms with Crippen LogP contribution in [-0.2, 0) is 11.2 Å². The molecule has 208 valence electrons. The molecule has 3 N–H and O–H groups in total. The Bertz CT molecular complexity index is 1470. The maximum atomic E-state index is 13.7. The zero-order valence-corrected chi connectivity index (χ0v) is 23.2. The number of allylic oxidation sites excluding steroid dienone is 7. The van der Waals surface area contributed by atoms with E-state index in [1.807, 2.05) is 49.4 Å². The molecule has 3 aromatic rings. The largest absolute Gasteiger partial charge is 0.488 e. The van der Waals surface area contributed by atoms with Crippen LogP contribution in [0.1, 0.15) is 25.8 Å². The average Bonchev–Trinajstić information content (AvgIpc) is 2.94. The number of carbonyl (C=O) groups is 1. The third-order valence-electron chi connectivity index (χ3n) is 5.67. The monoisotopic (exact) mass is 562 g/mol. The summed E-state index contributed by atoms with van der Waals surface area (Å²) in [6.45, 7) is 7.68. The van der Waals surface area contributed by atoms with Crippen LogP contribution in [0.3, 0.4) is 0 Å². The number of carbonyl (C=O) groups excluding carboxylic acids is 1. The van der Waals surface area contributed by atoms with Crippen molar-refractivity contribution in [2.75, 3.05) is 11.9 Å². The van der Waals surface area contributed by atoms with Crippen LogP contribution in [0.15, 0.2) is 103 Å². The maximum Gasteiger partial charge on any atom is 0.267 e. The number of hydrogen-bond acceptors (Lipinski definition) is 6. The molecule has 0 aliphatic heterocycles. The molecule has 0 aliphatic carbocycles. The van der Waals surface area contributed by atoms with Crippen molar-refractivity contribution in [1.29, 1.82) is 0 Å². The van der Waals surface area contributed by atoms with Crippen LogP contribution in [0.2, 0.25) is 5.02 Å². The molecule has 0 saturated heterocycles. The predicted octanol–water partition coefficient (Wildman–Crippen LogP) is 7.37. The maximum absolute atomic E-state index is 13.7. The molecule has 3 rings (SSSR count). The second-order valence-corrected chi connectivity index (χ2v) is 9.39. The van der Waals surface area contributed by atoms with Crippen molar-refractivity contribution in [3.05, 3.63) is 114 Å². The number of amides is 1. The summed E-state index contributed by atoms with van der Waals surface area (Å²) in [6, 6.07) is 11.3. The number of aromatic nitrogens is 2. The third kappa shape index (κ3) is 9.48. The summed E-state index contributed by atoms with van der Waals surface area (Å²) in [5.41, 5.74) is 5.63. The fourth-order valence-electron chi connectivity index (χ4n) is 3.68. The van der Waals surface area contributed by atoms with E-state index in [2.05, 4.69) is 21.9 Å². The number of benzene rings is 2. The number of nitrogens with zero attached hydrogens (tertiary/aromatic N) is 2. The van der Waals surface area contributed by atoms with Gasteiger partial charge in [0, 0.05) is 23.6 Å². The standard InChI is InChI=1S/C31H32ClFN4O3/c1-4-7-24(33)16-22(3)19-40-29-14-12-25(18-27(29)32)36-31-26-17-23(11-13-28(26)34-20-35-31)9-6-5-8-21(2)10-15-30(38)37-39/h4-8,10-15,17-18,20,24,39H,3,9,16,19H2,1-2H3,(H,37,38)(H,34,35,36)/b6-5-,7-4-,15-10+,21-8+. The highest BCUT2D eigenvalue weighted by atomic mass is 35.5. The molecule has 2 aromatic carbocycles. The van der Waals surface area contributed by atoms with Gasteiger partial charge >= 0.3 is 0 Å². The van der Waals surface area contributed by atoms with Crippen molar-refractivity contribution in [1.82, 2.24) is 15.4 Å². The van der Waals surface area contributed by atoms with E-state index >= 15 is 0 Å². The number of nitrogens with one attached hydrogen (secondary N) is 2. The van der Waals surface area contributed by atoms with E-state index in [0.717, 1.165) is 27.7 Å². The Labute approximate surface area is 238 Å². The minimum atomic E-state index is -1.08. The van der Waals surface area contributed by atoms with Crippen molar-refractivity contribution in [3.8, 4) is 5.75 Å². The van der Waals surface area contributed by atoms with Crippen molar-refractivity contribution in [3.63, 3.8) is 0 Å². The zero-order valence-electron chi connectivity index (χ0n) is 22.4. The lowest BCUT2D eigenvalue weighted by Gasteiger charge is -2.13. The molecule has 0 radical (unpaired) electrons. The van der Waals surface area contributed by atoms with Crippen LogP contribution in [-0.4, -0.2) is 33.9 Å². The van der Waals surface area contributed by atoms with Crippen molar-refractivity contribution in [2.45, 2.75) is 32.9 Å². The van der Waals surface area contributed by atoms with Gasteiger partial charge in [-0.1, -0.05) is 66.3 Å². The molecule has 1 atom stereocenters. The van der Waals surface area contributed by atoms with Gasteiger partial charge in [-0.25, -0.2) is 19.8 Å². The topological polar surface area (TPSA) is 96.4 Å². The number of rotatable bonds is 13. The summed E-state index contributed by atoms with van der Waals surface area (Å²) in [5, 5.41) is 13.1. The van der Waals surface area contributed by atoms with Gasteiger partial charge in [0.15, 0.2) is 0 Å². The number of halogens is 2. The molecule has 7 nitrogen and oxygen atoms in total. The molecule has 1 heterocycles. The molecule has 0 bridgehead atoms. The lowest BCUT2D eigenvalue weighted by Crippen LogP contribution is -2.14. The van der Waals surface area contributed by atoms with Gasteiger partial charge in [-0.05, 0) is 61.7 Å². The third-order valence-corrected chi connectivity index (χ3v) is 5.96. The Kier molecular flexibility index (Phi) is 11.6. The van der Waals surface area contributed by atoms with Gasteiger partial charge in [-0.15, -0.1) is 0 Å². The number of fused-ring (bicyclic) bond motifs is 1. The lowest BCUT2D eigenvalue weighted by molar-refractivity contribution is -0.124. The summed E-state index contributed by atoms with van der Waals surface area (Å²) >= 11 is 6.45. The molecule has 40 heavy (non-hydrogen) atoms. The second kappa shape index (κ2) is 15.4. The molecule has 1 amide bonds. The fourth-order valence-corrected chi connectivity index (χ4v) is 3.91. The van der Waals surface area contributed by atoms with Gasteiger partial charge < -0.3 is 10.1 Å². The van der Waals surface area contributed by atoms with Crippen molar-refractivity contribution < 1.29 is 19.1 Å². The Morgan fingerprint density at radius 1 is 1.23 bits per heavy atom. The quantitative estimate of drug-likeness (QED) is 0.0661. The Balaban J connectivity index is 1.67. The van der Waals surface area contributed by atoms with E-state index in [4.69, 9.17) is 21.5 Å². The molecular formula is C31H32ClFN4O3. The first-order chi connectivity index (χ1) is 19.3. The molecule has 0 aliphatic rings. The van der Waals surface area contributed by atoms with Crippen LogP contribution in [0.4, 0.5) is 15.9 Å². The number of alkyl halides is 1. The van der Waals surface area contributed by atoms with Crippen LogP contribution < -0.4 is 15.5 Å².